The molecule has 1 unspecified atom stereocenters. The van der Waals surface area contributed by atoms with Gasteiger partial charge in [0.25, 0.3) is 0 Å². The van der Waals surface area contributed by atoms with Crippen molar-refractivity contribution >= 4 is 10.0 Å². The third-order valence-corrected chi connectivity index (χ3v) is 2.89. The number of sulfonamides is 1. The van der Waals surface area contributed by atoms with Crippen LogP contribution in [0, 0.1) is 5.82 Å². The van der Waals surface area contributed by atoms with Crippen LogP contribution in [-0.2, 0) is 14.8 Å². The zero-order chi connectivity index (χ0) is 10.3. The summed E-state index contributed by atoms with van der Waals surface area (Å²) in [6.45, 7) is 0.537. The Hall–Kier alpha value is -0.980. The van der Waals surface area contributed by atoms with Gasteiger partial charge in [-0.05, 0) is 17.7 Å². The molecule has 1 heterocycles. The summed E-state index contributed by atoms with van der Waals surface area (Å²) >= 11 is 0. The Morgan fingerprint density at radius 3 is 2.64 bits per heavy atom. The van der Waals surface area contributed by atoms with Crippen molar-refractivity contribution in [2.24, 2.45) is 5.14 Å². The molecule has 0 bridgehead atoms. The number of ether oxygens (including phenoxy) is 1. The van der Waals surface area contributed by atoms with Crippen molar-refractivity contribution in [2.45, 2.75) is 11.0 Å². The van der Waals surface area contributed by atoms with Gasteiger partial charge in [0, 0.05) is 0 Å². The number of hydrogen-bond donors (Lipinski definition) is 1. The molecule has 4 nitrogen and oxygen atoms in total. The van der Waals surface area contributed by atoms with Crippen molar-refractivity contribution in [3.8, 4) is 0 Å². The number of epoxide rings is 1. The van der Waals surface area contributed by atoms with Gasteiger partial charge < -0.3 is 4.74 Å². The molecule has 0 spiro atoms. The topological polar surface area (TPSA) is 72.7 Å². The molecular weight excluding hydrogens is 209 g/mol. The fraction of sp³-hybridized carbons (Fsp3) is 0.250. The van der Waals surface area contributed by atoms with Crippen molar-refractivity contribution in [3.63, 3.8) is 0 Å². The second-order valence-corrected chi connectivity index (χ2v) is 4.59. The van der Waals surface area contributed by atoms with Crippen LogP contribution in [0.15, 0.2) is 23.1 Å². The fourth-order valence-corrected chi connectivity index (χ4v) is 1.82. The second kappa shape index (κ2) is 3.01. The SMILES string of the molecule is NS(=O)(=O)c1cc(C2CO2)ccc1F. The van der Waals surface area contributed by atoms with Crippen LogP contribution in [0.5, 0.6) is 0 Å². The Labute approximate surface area is 80.5 Å². The molecule has 1 saturated heterocycles. The molecule has 1 aromatic carbocycles. The first kappa shape index (κ1) is 9.57. The molecule has 0 saturated carbocycles. The lowest BCUT2D eigenvalue weighted by Gasteiger charge is -2.02. The third kappa shape index (κ3) is 1.77. The van der Waals surface area contributed by atoms with Crippen LogP contribution in [0.3, 0.4) is 0 Å². The van der Waals surface area contributed by atoms with E-state index >= 15 is 0 Å². The first-order chi connectivity index (χ1) is 6.48. The largest absolute Gasteiger partial charge is 0.368 e. The lowest BCUT2D eigenvalue weighted by Crippen LogP contribution is -2.14. The van der Waals surface area contributed by atoms with E-state index in [0.29, 0.717) is 12.2 Å². The van der Waals surface area contributed by atoms with Crippen LogP contribution in [0.2, 0.25) is 0 Å². The minimum Gasteiger partial charge on any atom is -0.368 e. The zero-order valence-corrected chi connectivity index (χ0v) is 7.92. The highest BCUT2D eigenvalue weighted by atomic mass is 32.2. The number of nitrogens with two attached hydrogens (primary N) is 1. The average Bonchev–Trinajstić information content (AvgIpc) is 2.85. The van der Waals surface area contributed by atoms with Crippen LogP contribution in [0.25, 0.3) is 0 Å². The number of rotatable bonds is 2. The van der Waals surface area contributed by atoms with Crippen LogP contribution in [0.4, 0.5) is 4.39 Å². The van der Waals surface area contributed by atoms with Gasteiger partial charge in [-0.1, -0.05) is 6.07 Å². The number of benzene rings is 1. The fourth-order valence-electron chi connectivity index (χ4n) is 1.18. The predicted octanol–water partition coefficient (Wildman–Crippen LogP) is 0.544. The van der Waals surface area contributed by atoms with Gasteiger partial charge in [0.1, 0.15) is 16.8 Å². The highest BCUT2D eigenvalue weighted by Gasteiger charge is 2.27. The second-order valence-electron chi connectivity index (χ2n) is 3.06. The van der Waals surface area contributed by atoms with E-state index in [1.165, 1.54) is 12.1 Å². The third-order valence-electron chi connectivity index (χ3n) is 1.97. The Balaban J connectivity index is 2.52. The number of primary sulfonamides is 1. The molecule has 14 heavy (non-hydrogen) atoms. The lowest BCUT2D eigenvalue weighted by atomic mass is 10.2. The van der Waals surface area contributed by atoms with Gasteiger partial charge in [-0.25, -0.2) is 17.9 Å². The summed E-state index contributed by atoms with van der Waals surface area (Å²) < 4.78 is 39.9. The van der Waals surface area contributed by atoms with E-state index in [4.69, 9.17) is 9.88 Å². The maximum Gasteiger partial charge on any atom is 0.240 e. The smallest absolute Gasteiger partial charge is 0.240 e. The molecule has 1 aromatic rings. The standard InChI is InChI=1S/C8H8FNO3S/c9-6-2-1-5(7-4-13-7)3-8(6)14(10,11)12/h1-3,7H,4H2,(H2,10,11,12). The normalized spacial score (nSPS) is 20.9. The van der Waals surface area contributed by atoms with E-state index in [1.54, 1.807) is 0 Å². The van der Waals surface area contributed by atoms with Crippen LogP contribution in [0.1, 0.15) is 11.7 Å². The van der Waals surface area contributed by atoms with Gasteiger partial charge in [0.05, 0.1) is 6.61 Å². The maximum absolute atomic E-state index is 13.0. The molecule has 1 aliphatic rings. The quantitative estimate of drug-likeness (QED) is 0.735. The molecular formula is C8H8FNO3S. The highest BCUT2D eigenvalue weighted by Crippen LogP contribution is 2.31. The molecule has 76 valence electrons. The monoisotopic (exact) mass is 217 g/mol. The van der Waals surface area contributed by atoms with Gasteiger partial charge >= 0.3 is 0 Å². The van der Waals surface area contributed by atoms with Gasteiger partial charge in [0.15, 0.2) is 0 Å². The van der Waals surface area contributed by atoms with Crippen molar-refractivity contribution in [1.82, 2.24) is 0 Å². The first-order valence-electron chi connectivity index (χ1n) is 3.92. The lowest BCUT2D eigenvalue weighted by molar-refractivity contribution is 0.415. The van der Waals surface area contributed by atoms with E-state index in [-0.39, 0.29) is 6.10 Å². The van der Waals surface area contributed by atoms with Crippen molar-refractivity contribution in [2.75, 3.05) is 6.61 Å². The molecule has 0 amide bonds. The molecule has 1 aliphatic heterocycles. The number of halogens is 1. The summed E-state index contributed by atoms with van der Waals surface area (Å²) in [5, 5.41) is 4.84. The Bertz CT molecular complexity index is 467. The average molecular weight is 217 g/mol. The summed E-state index contributed by atoms with van der Waals surface area (Å²) in [5.74, 6) is -0.836. The van der Waals surface area contributed by atoms with Gasteiger partial charge in [-0.2, -0.15) is 0 Å². The van der Waals surface area contributed by atoms with Crippen LogP contribution in [-0.4, -0.2) is 15.0 Å². The molecule has 0 aromatic heterocycles. The maximum atomic E-state index is 13.0. The minimum absolute atomic E-state index is 0.115. The van der Waals surface area contributed by atoms with E-state index in [0.717, 1.165) is 6.07 Å². The van der Waals surface area contributed by atoms with E-state index in [9.17, 15) is 12.8 Å². The van der Waals surface area contributed by atoms with Crippen molar-refractivity contribution < 1.29 is 17.5 Å². The predicted molar refractivity (Wildman–Crippen MR) is 46.5 cm³/mol. The molecule has 6 heteroatoms. The Morgan fingerprint density at radius 1 is 1.50 bits per heavy atom. The molecule has 0 radical (unpaired) electrons. The molecule has 2 rings (SSSR count). The molecule has 0 aliphatic carbocycles. The Morgan fingerprint density at radius 2 is 2.14 bits per heavy atom. The van der Waals surface area contributed by atoms with E-state index < -0.39 is 20.7 Å². The summed E-state index contributed by atoms with van der Waals surface area (Å²) in [6, 6.07) is 3.78. The van der Waals surface area contributed by atoms with Gasteiger partial charge in [-0.3, -0.25) is 0 Å². The van der Waals surface area contributed by atoms with E-state index in [2.05, 4.69) is 0 Å². The first-order valence-corrected chi connectivity index (χ1v) is 5.47. The molecule has 1 atom stereocenters. The summed E-state index contributed by atoms with van der Waals surface area (Å²) in [5.41, 5.74) is 0.635. The summed E-state index contributed by atoms with van der Waals surface area (Å²) in [4.78, 5) is -0.481. The Kier molecular flexibility index (Phi) is 2.06. The molecule has 2 N–H and O–H groups in total. The van der Waals surface area contributed by atoms with Crippen LogP contribution >= 0.6 is 0 Å². The number of hydrogen-bond acceptors (Lipinski definition) is 3. The van der Waals surface area contributed by atoms with Crippen molar-refractivity contribution in [3.05, 3.63) is 29.6 Å². The highest BCUT2D eigenvalue weighted by molar-refractivity contribution is 7.89. The minimum atomic E-state index is -3.99. The van der Waals surface area contributed by atoms with Gasteiger partial charge in [-0.15, -0.1) is 0 Å². The van der Waals surface area contributed by atoms with Gasteiger partial charge in [0.2, 0.25) is 10.0 Å². The zero-order valence-electron chi connectivity index (χ0n) is 7.10. The van der Waals surface area contributed by atoms with E-state index in [1.807, 2.05) is 0 Å². The van der Waals surface area contributed by atoms with Crippen molar-refractivity contribution in [1.29, 1.82) is 0 Å². The summed E-state index contributed by atoms with van der Waals surface area (Å²) in [6.07, 6.45) is -0.115. The van der Waals surface area contributed by atoms with Crippen LogP contribution < -0.4 is 5.14 Å². The molecule has 1 fully saturated rings. The summed E-state index contributed by atoms with van der Waals surface area (Å²) in [7, 11) is -3.99.